The van der Waals surface area contributed by atoms with Gasteiger partial charge in [0.25, 0.3) is 0 Å². The maximum atomic E-state index is 11.8. The molecule has 0 aromatic carbocycles. The molecule has 1 unspecified atom stereocenters. The minimum Gasteiger partial charge on any atom is -0.343 e. The average Bonchev–Trinajstić information content (AvgIpc) is 2.18. The van der Waals surface area contributed by atoms with Gasteiger partial charge in [0.2, 0.25) is 5.91 Å². The van der Waals surface area contributed by atoms with Crippen molar-refractivity contribution in [2.45, 2.75) is 45.6 Å². The van der Waals surface area contributed by atoms with Gasteiger partial charge < -0.3 is 10.6 Å². The van der Waals surface area contributed by atoms with Gasteiger partial charge in [0.1, 0.15) is 0 Å². The van der Waals surface area contributed by atoms with E-state index in [1.807, 2.05) is 4.90 Å². The molecular weight excluding hydrogens is 176 g/mol. The minimum absolute atomic E-state index is 0.308. The zero-order chi connectivity index (χ0) is 10.6. The van der Waals surface area contributed by atoms with Gasteiger partial charge in [-0.3, -0.25) is 4.79 Å². The second kappa shape index (κ2) is 5.35. The summed E-state index contributed by atoms with van der Waals surface area (Å²) in [6, 6.07) is 0.308. The molecule has 0 spiro atoms. The van der Waals surface area contributed by atoms with Crippen molar-refractivity contribution >= 4 is 5.91 Å². The second-order valence-electron chi connectivity index (χ2n) is 4.44. The summed E-state index contributed by atoms with van der Waals surface area (Å²) in [5, 5.41) is 0. The predicted molar refractivity (Wildman–Crippen MR) is 57.9 cm³/mol. The van der Waals surface area contributed by atoms with E-state index < -0.39 is 0 Å². The molecule has 0 aromatic heterocycles. The molecule has 3 nitrogen and oxygen atoms in total. The molecule has 1 rings (SSSR count). The number of nitrogens with two attached hydrogens (primary N) is 1. The quantitative estimate of drug-likeness (QED) is 0.744. The largest absolute Gasteiger partial charge is 0.343 e. The van der Waals surface area contributed by atoms with E-state index in [1.54, 1.807) is 0 Å². The van der Waals surface area contributed by atoms with Crippen LogP contribution in [0.5, 0.6) is 0 Å². The number of hydrogen-bond acceptors (Lipinski definition) is 2. The highest BCUT2D eigenvalue weighted by molar-refractivity contribution is 5.76. The van der Waals surface area contributed by atoms with Gasteiger partial charge in [0.05, 0.1) is 0 Å². The highest BCUT2D eigenvalue weighted by Crippen LogP contribution is 2.13. The molecule has 0 radical (unpaired) electrons. The summed E-state index contributed by atoms with van der Waals surface area (Å²) in [5.41, 5.74) is 5.79. The lowest BCUT2D eigenvalue weighted by Gasteiger charge is -2.30. The molecule has 0 aliphatic carbocycles. The molecule has 1 amide bonds. The summed E-state index contributed by atoms with van der Waals surface area (Å²) in [6.45, 7) is 5.98. The SMILES string of the molecule is CCC(C)CC(=O)N1CCC(N)CC1. The van der Waals surface area contributed by atoms with Crippen LogP contribution >= 0.6 is 0 Å². The minimum atomic E-state index is 0.308. The number of hydrogen-bond donors (Lipinski definition) is 1. The molecule has 1 aliphatic rings. The molecule has 0 saturated carbocycles. The van der Waals surface area contributed by atoms with Gasteiger partial charge in [-0.25, -0.2) is 0 Å². The van der Waals surface area contributed by atoms with Gasteiger partial charge in [-0.15, -0.1) is 0 Å². The first-order chi connectivity index (χ1) is 6.63. The zero-order valence-corrected chi connectivity index (χ0v) is 9.33. The maximum absolute atomic E-state index is 11.8. The van der Waals surface area contributed by atoms with Gasteiger partial charge in [0, 0.05) is 25.6 Å². The van der Waals surface area contributed by atoms with Gasteiger partial charge in [-0.1, -0.05) is 20.3 Å². The number of rotatable bonds is 3. The van der Waals surface area contributed by atoms with Crippen molar-refractivity contribution in [1.29, 1.82) is 0 Å². The van der Waals surface area contributed by atoms with Crippen LogP contribution < -0.4 is 5.73 Å². The summed E-state index contributed by atoms with van der Waals surface area (Å²) < 4.78 is 0. The average molecular weight is 198 g/mol. The Labute approximate surface area is 86.6 Å². The van der Waals surface area contributed by atoms with Crippen molar-refractivity contribution in [2.75, 3.05) is 13.1 Å². The normalized spacial score (nSPS) is 20.9. The van der Waals surface area contributed by atoms with Crippen LogP contribution in [0, 0.1) is 5.92 Å². The first-order valence-electron chi connectivity index (χ1n) is 5.66. The van der Waals surface area contributed by atoms with E-state index in [4.69, 9.17) is 5.73 Å². The monoisotopic (exact) mass is 198 g/mol. The molecule has 0 aromatic rings. The molecule has 1 heterocycles. The molecule has 1 atom stereocenters. The number of carbonyl (C=O) groups is 1. The lowest BCUT2D eigenvalue weighted by Crippen LogP contribution is -2.43. The number of likely N-dealkylation sites (tertiary alicyclic amines) is 1. The molecule has 3 heteroatoms. The number of piperidine rings is 1. The maximum Gasteiger partial charge on any atom is 0.222 e. The van der Waals surface area contributed by atoms with Gasteiger partial charge in [-0.05, 0) is 18.8 Å². The van der Waals surface area contributed by atoms with E-state index >= 15 is 0 Å². The third-order valence-corrected chi connectivity index (χ3v) is 3.11. The summed E-state index contributed by atoms with van der Waals surface area (Å²) in [5.74, 6) is 0.823. The molecule has 1 aliphatic heterocycles. The summed E-state index contributed by atoms with van der Waals surface area (Å²) >= 11 is 0. The summed E-state index contributed by atoms with van der Waals surface area (Å²) in [7, 11) is 0. The molecule has 82 valence electrons. The van der Waals surface area contributed by atoms with Gasteiger partial charge in [-0.2, -0.15) is 0 Å². The van der Waals surface area contributed by atoms with Crippen molar-refractivity contribution in [3.05, 3.63) is 0 Å². The summed E-state index contributed by atoms with van der Waals surface area (Å²) in [6.07, 6.45) is 3.71. The third kappa shape index (κ3) is 3.29. The summed E-state index contributed by atoms with van der Waals surface area (Å²) in [4.78, 5) is 13.7. The van der Waals surface area contributed by atoms with Gasteiger partial charge in [0.15, 0.2) is 0 Å². The number of carbonyl (C=O) groups excluding carboxylic acids is 1. The Morgan fingerprint density at radius 2 is 2.07 bits per heavy atom. The highest BCUT2D eigenvalue weighted by Gasteiger charge is 2.21. The number of nitrogens with zero attached hydrogens (tertiary/aromatic N) is 1. The smallest absolute Gasteiger partial charge is 0.222 e. The Morgan fingerprint density at radius 3 is 2.57 bits per heavy atom. The van der Waals surface area contributed by atoms with Crippen molar-refractivity contribution in [1.82, 2.24) is 4.90 Å². The van der Waals surface area contributed by atoms with Crippen molar-refractivity contribution in [3.63, 3.8) is 0 Å². The molecule has 2 N–H and O–H groups in total. The highest BCUT2D eigenvalue weighted by atomic mass is 16.2. The van der Waals surface area contributed by atoms with E-state index in [0.29, 0.717) is 24.3 Å². The predicted octanol–water partition coefficient (Wildman–Crippen LogP) is 1.37. The van der Waals surface area contributed by atoms with Crippen LogP contribution in [-0.4, -0.2) is 29.9 Å². The lowest BCUT2D eigenvalue weighted by atomic mass is 10.0. The molecule has 1 saturated heterocycles. The van der Waals surface area contributed by atoms with Crippen LogP contribution in [0.3, 0.4) is 0 Å². The van der Waals surface area contributed by atoms with E-state index in [1.165, 1.54) is 0 Å². The Balaban J connectivity index is 2.30. The Hall–Kier alpha value is -0.570. The van der Waals surface area contributed by atoms with Crippen LogP contribution in [0.25, 0.3) is 0 Å². The van der Waals surface area contributed by atoms with Crippen molar-refractivity contribution in [3.8, 4) is 0 Å². The van der Waals surface area contributed by atoms with E-state index in [9.17, 15) is 4.79 Å². The van der Waals surface area contributed by atoms with Crippen LogP contribution in [0.4, 0.5) is 0 Å². The Bertz CT molecular complexity index is 186. The Kier molecular flexibility index (Phi) is 4.39. The molecule has 0 bridgehead atoms. The van der Waals surface area contributed by atoms with E-state index in [2.05, 4.69) is 13.8 Å². The van der Waals surface area contributed by atoms with Crippen LogP contribution in [0.2, 0.25) is 0 Å². The van der Waals surface area contributed by atoms with Crippen LogP contribution in [-0.2, 0) is 4.79 Å². The zero-order valence-electron chi connectivity index (χ0n) is 9.33. The van der Waals surface area contributed by atoms with Crippen molar-refractivity contribution in [2.24, 2.45) is 11.7 Å². The van der Waals surface area contributed by atoms with Gasteiger partial charge >= 0.3 is 0 Å². The van der Waals surface area contributed by atoms with Crippen molar-refractivity contribution < 1.29 is 4.79 Å². The fraction of sp³-hybridized carbons (Fsp3) is 0.909. The van der Waals surface area contributed by atoms with E-state index in [-0.39, 0.29) is 0 Å². The van der Waals surface area contributed by atoms with Crippen LogP contribution in [0.1, 0.15) is 39.5 Å². The first-order valence-corrected chi connectivity index (χ1v) is 5.66. The topological polar surface area (TPSA) is 46.3 Å². The lowest BCUT2D eigenvalue weighted by molar-refractivity contribution is -0.133. The molecular formula is C11H22N2O. The van der Waals surface area contributed by atoms with Crippen LogP contribution in [0.15, 0.2) is 0 Å². The van der Waals surface area contributed by atoms with E-state index in [0.717, 1.165) is 32.4 Å². The Morgan fingerprint density at radius 1 is 1.50 bits per heavy atom. The molecule has 14 heavy (non-hydrogen) atoms. The standard InChI is InChI=1S/C11H22N2O/c1-3-9(2)8-11(14)13-6-4-10(12)5-7-13/h9-10H,3-8,12H2,1-2H3. The number of amides is 1. The molecule has 1 fully saturated rings. The fourth-order valence-electron chi connectivity index (χ4n) is 1.72. The first kappa shape index (κ1) is 11.5. The second-order valence-corrected chi connectivity index (χ2v) is 4.44. The third-order valence-electron chi connectivity index (χ3n) is 3.11. The fourth-order valence-corrected chi connectivity index (χ4v) is 1.72.